The van der Waals surface area contributed by atoms with Gasteiger partial charge in [0.05, 0.1) is 6.10 Å². The van der Waals surface area contributed by atoms with E-state index in [0.717, 1.165) is 6.42 Å². The van der Waals surface area contributed by atoms with E-state index in [1.165, 1.54) is 0 Å². The van der Waals surface area contributed by atoms with Crippen molar-refractivity contribution in [1.29, 1.82) is 0 Å². The van der Waals surface area contributed by atoms with Crippen molar-refractivity contribution in [3.05, 3.63) is 0 Å². The molecular weight excluding hydrogens is 134 g/mol. The van der Waals surface area contributed by atoms with Crippen molar-refractivity contribution in [1.82, 2.24) is 5.32 Å². The fourth-order valence-corrected chi connectivity index (χ4v) is 1.12. The highest BCUT2D eigenvalue weighted by Crippen LogP contribution is 2.07. The summed E-state index contributed by atoms with van der Waals surface area (Å²) in [7, 11) is 0. The van der Waals surface area contributed by atoms with E-state index < -0.39 is 18.1 Å². The molecule has 0 spiro atoms. The Morgan fingerprint density at radius 3 is 2.70 bits per heavy atom. The summed E-state index contributed by atoms with van der Waals surface area (Å²) in [6.07, 6.45) is 0.723. The van der Waals surface area contributed by atoms with Crippen LogP contribution in [0.4, 0.5) is 0 Å². The number of nitrogens with one attached hydrogen (secondary N) is 1. The molecule has 1 saturated heterocycles. The van der Waals surface area contributed by atoms with Crippen LogP contribution in [0.15, 0.2) is 0 Å². The lowest BCUT2D eigenvalue weighted by Crippen LogP contribution is -2.49. The van der Waals surface area contributed by atoms with E-state index in [9.17, 15) is 4.79 Å². The number of carboxylic acids is 1. The molecule has 10 heavy (non-hydrogen) atoms. The van der Waals surface area contributed by atoms with E-state index in [0.29, 0.717) is 13.0 Å². The van der Waals surface area contributed by atoms with Crippen molar-refractivity contribution in [2.75, 3.05) is 6.54 Å². The summed E-state index contributed by atoms with van der Waals surface area (Å²) in [4.78, 5) is 10.3. The van der Waals surface area contributed by atoms with Gasteiger partial charge in [0, 0.05) is 0 Å². The Balaban J connectivity index is 2.47. The molecule has 3 N–H and O–H groups in total. The molecule has 0 aromatic carbocycles. The average molecular weight is 145 g/mol. The summed E-state index contributed by atoms with van der Waals surface area (Å²) in [6, 6.07) is -0.756. The predicted molar refractivity (Wildman–Crippen MR) is 34.7 cm³/mol. The highest BCUT2D eigenvalue weighted by atomic mass is 16.4. The van der Waals surface area contributed by atoms with Crippen molar-refractivity contribution >= 4 is 5.97 Å². The number of hydrogen-bond acceptors (Lipinski definition) is 3. The molecule has 0 saturated carbocycles. The van der Waals surface area contributed by atoms with Crippen LogP contribution >= 0.6 is 0 Å². The molecule has 0 radical (unpaired) electrons. The van der Waals surface area contributed by atoms with Gasteiger partial charge in [-0.25, -0.2) is 0 Å². The molecule has 0 unspecified atom stereocenters. The minimum Gasteiger partial charge on any atom is -0.480 e. The molecule has 4 nitrogen and oxygen atoms in total. The maximum absolute atomic E-state index is 10.3. The molecule has 1 fully saturated rings. The second kappa shape index (κ2) is 2.98. The van der Waals surface area contributed by atoms with Crippen LogP contribution in [-0.2, 0) is 4.79 Å². The topological polar surface area (TPSA) is 69.6 Å². The number of aliphatic hydroxyl groups is 1. The standard InChI is InChI=1S/C6H11NO3/c8-4-2-1-3-7-5(4)6(9)10/h4-5,7-8H,1-3H2,(H,9,10)/t4-,5-/m1/s1. The van der Waals surface area contributed by atoms with Crippen LogP contribution in [-0.4, -0.2) is 34.9 Å². The number of carboxylic acid groups (broad SMARTS) is 1. The minimum absolute atomic E-state index is 0.587. The van der Waals surface area contributed by atoms with Crippen LogP contribution in [0, 0.1) is 0 Å². The maximum atomic E-state index is 10.3. The molecule has 1 rings (SSSR count). The van der Waals surface area contributed by atoms with Gasteiger partial charge in [0.15, 0.2) is 0 Å². The van der Waals surface area contributed by atoms with Gasteiger partial charge < -0.3 is 15.5 Å². The van der Waals surface area contributed by atoms with Crippen LogP contribution in [0.2, 0.25) is 0 Å². The van der Waals surface area contributed by atoms with Gasteiger partial charge in [0.2, 0.25) is 0 Å². The Hall–Kier alpha value is -0.610. The molecule has 0 aliphatic carbocycles. The van der Waals surface area contributed by atoms with E-state index in [1.54, 1.807) is 0 Å². The molecular formula is C6H11NO3. The predicted octanol–water partition coefficient (Wildman–Crippen LogP) is -0.816. The van der Waals surface area contributed by atoms with Gasteiger partial charge >= 0.3 is 5.97 Å². The monoisotopic (exact) mass is 145 g/mol. The Labute approximate surface area is 58.9 Å². The van der Waals surface area contributed by atoms with Gasteiger partial charge in [0.25, 0.3) is 0 Å². The molecule has 0 aromatic rings. The van der Waals surface area contributed by atoms with E-state index in [-0.39, 0.29) is 0 Å². The van der Waals surface area contributed by atoms with Gasteiger partial charge in [-0.05, 0) is 19.4 Å². The van der Waals surface area contributed by atoms with Crippen LogP contribution < -0.4 is 5.32 Å². The van der Waals surface area contributed by atoms with Gasteiger partial charge in [-0.1, -0.05) is 0 Å². The van der Waals surface area contributed by atoms with E-state index >= 15 is 0 Å². The van der Waals surface area contributed by atoms with Gasteiger partial charge in [-0.3, -0.25) is 4.79 Å². The number of hydrogen-bond donors (Lipinski definition) is 3. The Bertz CT molecular complexity index is 137. The van der Waals surface area contributed by atoms with E-state index in [2.05, 4.69) is 5.32 Å². The minimum atomic E-state index is -0.966. The smallest absolute Gasteiger partial charge is 0.323 e. The van der Waals surface area contributed by atoms with Crippen molar-refractivity contribution in [3.63, 3.8) is 0 Å². The molecule has 4 heteroatoms. The summed E-state index contributed by atoms with van der Waals surface area (Å²) < 4.78 is 0. The highest BCUT2D eigenvalue weighted by Gasteiger charge is 2.28. The van der Waals surface area contributed by atoms with Gasteiger partial charge in [-0.15, -0.1) is 0 Å². The maximum Gasteiger partial charge on any atom is 0.323 e. The first-order chi connectivity index (χ1) is 4.72. The third-order valence-electron chi connectivity index (χ3n) is 1.69. The van der Waals surface area contributed by atoms with E-state index in [4.69, 9.17) is 10.2 Å². The third kappa shape index (κ3) is 1.46. The summed E-state index contributed by atoms with van der Waals surface area (Å²) >= 11 is 0. The van der Waals surface area contributed by atoms with E-state index in [1.807, 2.05) is 0 Å². The Kier molecular flexibility index (Phi) is 2.24. The summed E-state index contributed by atoms with van der Waals surface area (Å²) in [5.74, 6) is -0.966. The molecule has 2 atom stereocenters. The third-order valence-corrected chi connectivity index (χ3v) is 1.69. The summed E-state index contributed by atoms with van der Waals surface area (Å²) in [5.41, 5.74) is 0. The first kappa shape index (κ1) is 7.50. The zero-order valence-corrected chi connectivity index (χ0v) is 5.58. The Morgan fingerprint density at radius 2 is 2.30 bits per heavy atom. The molecule has 0 amide bonds. The van der Waals surface area contributed by atoms with Gasteiger partial charge in [0.1, 0.15) is 6.04 Å². The zero-order chi connectivity index (χ0) is 7.56. The number of piperidine rings is 1. The number of aliphatic carboxylic acids is 1. The number of rotatable bonds is 1. The van der Waals surface area contributed by atoms with Crippen LogP contribution in [0.1, 0.15) is 12.8 Å². The largest absolute Gasteiger partial charge is 0.480 e. The molecule has 1 aliphatic heterocycles. The fourth-order valence-electron chi connectivity index (χ4n) is 1.12. The quantitative estimate of drug-likeness (QED) is 0.451. The lowest BCUT2D eigenvalue weighted by molar-refractivity contribution is -0.143. The average Bonchev–Trinajstić information content (AvgIpc) is 1.88. The van der Waals surface area contributed by atoms with Crippen LogP contribution in [0.25, 0.3) is 0 Å². The van der Waals surface area contributed by atoms with Crippen molar-refractivity contribution < 1.29 is 15.0 Å². The lowest BCUT2D eigenvalue weighted by atomic mass is 10.0. The molecule has 1 aliphatic rings. The number of carbonyl (C=O) groups is 1. The summed E-state index contributed by atoms with van der Waals surface area (Å²) in [6.45, 7) is 0.689. The normalized spacial score (nSPS) is 33.7. The molecule has 0 bridgehead atoms. The Morgan fingerprint density at radius 1 is 1.60 bits per heavy atom. The lowest BCUT2D eigenvalue weighted by Gasteiger charge is -2.24. The second-order valence-corrected chi connectivity index (χ2v) is 2.48. The SMILES string of the molecule is O=C(O)[C@@H]1NCCC[C@H]1O. The van der Waals surface area contributed by atoms with Crippen molar-refractivity contribution in [3.8, 4) is 0 Å². The van der Waals surface area contributed by atoms with Gasteiger partial charge in [-0.2, -0.15) is 0 Å². The van der Waals surface area contributed by atoms with Crippen molar-refractivity contribution in [2.45, 2.75) is 25.0 Å². The molecule has 58 valence electrons. The molecule has 1 heterocycles. The molecule has 0 aromatic heterocycles. The zero-order valence-electron chi connectivity index (χ0n) is 5.58. The van der Waals surface area contributed by atoms with Crippen LogP contribution in [0.3, 0.4) is 0 Å². The van der Waals surface area contributed by atoms with Crippen LogP contribution in [0.5, 0.6) is 0 Å². The highest BCUT2D eigenvalue weighted by molar-refractivity contribution is 5.74. The second-order valence-electron chi connectivity index (χ2n) is 2.48. The number of aliphatic hydroxyl groups excluding tert-OH is 1. The van der Waals surface area contributed by atoms with Crippen molar-refractivity contribution in [2.24, 2.45) is 0 Å². The first-order valence-corrected chi connectivity index (χ1v) is 3.36. The first-order valence-electron chi connectivity index (χ1n) is 3.36. The fraction of sp³-hybridized carbons (Fsp3) is 0.833. The summed E-state index contributed by atoms with van der Waals surface area (Å²) in [5, 5.41) is 20.3.